The Morgan fingerprint density at radius 2 is 0.886 bits per heavy atom. The highest BCUT2D eigenvalue weighted by Crippen LogP contribution is 2.72. The summed E-state index contributed by atoms with van der Waals surface area (Å²) in [5, 5.41) is 1.90. The molecule has 0 radical (unpaired) electrons. The van der Waals surface area contributed by atoms with E-state index in [-0.39, 0.29) is 7.92 Å². The van der Waals surface area contributed by atoms with Crippen LogP contribution in [0.15, 0.2) is 84.2 Å². The highest BCUT2D eigenvalue weighted by molar-refractivity contribution is 7.64. The molecular weight excluding hydrogens is 439 g/mol. The van der Waals surface area contributed by atoms with Gasteiger partial charge in [-0.3, -0.25) is 0 Å². The molecule has 0 spiro atoms. The van der Waals surface area contributed by atoms with Crippen LogP contribution < -0.4 is 0 Å². The van der Waals surface area contributed by atoms with Gasteiger partial charge < -0.3 is 0 Å². The van der Waals surface area contributed by atoms with Gasteiger partial charge in [-0.05, 0) is 75.7 Å². The lowest BCUT2D eigenvalue weighted by Crippen LogP contribution is -2.31. The Kier molecular flexibility index (Phi) is 5.90. The van der Waals surface area contributed by atoms with E-state index in [2.05, 4.69) is 78.9 Å². The van der Waals surface area contributed by atoms with E-state index < -0.39 is 0 Å². The van der Waals surface area contributed by atoms with Gasteiger partial charge in [0.2, 0.25) is 0 Å². The van der Waals surface area contributed by atoms with Crippen molar-refractivity contribution in [3.8, 4) is 0 Å². The van der Waals surface area contributed by atoms with Gasteiger partial charge in [-0.1, -0.05) is 125 Å². The second-order valence-corrected chi connectivity index (χ2v) is 14.0. The van der Waals surface area contributed by atoms with Gasteiger partial charge in [0.25, 0.3) is 0 Å². The molecule has 1 heteroatoms. The minimum atomic E-state index is -0.162. The lowest BCUT2D eigenvalue weighted by molar-refractivity contribution is 0.485. The molecule has 5 aliphatic carbocycles. The quantitative estimate of drug-likeness (QED) is 0.329. The summed E-state index contributed by atoms with van der Waals surface area (Å²) < 4.78 is 0. The van der Waals surface area contributed by atoms with Gasteiger partial charge in [0, 0.05) is 11.8 Å². The summed E-state index contributed by atoms with van der Waals surface area (Å²) in [6.45, 7) is 0. The molecule has 3 aromatic carbocycles. The molecule has 0 heterocycles. The number of allylic oxidation sites excluding steroid dienone is 2. The maximum Gasteiger partial charge on any atom is 0.0355 e. The summed E-state index contributed by atoms with van der Waals surface area (Å²) in [6.07, 6.45) is 14.6. The maximum absolute atomic E-state index is 2.47. The van der Waals surface area contributed by atoms with Gasteiger partial charge >= 0.3 is 0 Å². The third-order valence-corrected chi connectivity index (χ3v) is 13.0. The van der Waals surface area contributed by atoms with Crippen LogP contribution in [0.2, 0.25) is 0 Å². The molecule has 8 rings (SSSR count). The maximum atomic E-state index is 2.47. The fourth-order valence-electron chi connectivity index (χ4n) is 7.95. The van der Waals surface area contributed by atoms with Crippen LogP contribution in [-0.2, 0) is 0 Å². The predicted molar refractivity (Wildman–Crippen MR) is 151 cm³/mol. The van der Waals surface area contributed by atoms with E-state index in [1.807, 2.05) is 5.31 Å². The van der Waals surface area contributed by atoms with Crippen molar-refractivity contribution in [2.75, 3.05) is 0 Å². The summed E-state index contributed by atoms with van der Waals surface area (Å²) in [5.74, 6) is 0.847. The third kappa shape index (κ3) is 3.67. The largest absolute Gasteiger partial charge is 0.0720 e. The molecule has 0 aliphatic heterocycles. The van der Waals surface area contributed by atoms with Crippen molar-refractivity contribution < 1.29 is 0 Å². The van der Waals surface area contributed by atoms with Gasteiger partial charge in [0.1, 0.15) is 0 Å². The fraction of sp³-hybridized carbons (Fsp3) is 0.412. The average molecular weight is 477 g/mol. The number of benzene rings is 3. The van der Waals surface area contributed by atoms with Crippen LogP contribution in [0.25, 0.3) is 5.57 Å². The highest BCUT2D eigenvalue weighted by atomic mass is 31.1. The molecule has 0 saturated heterocycles. The molecule has 0 aromatic heterocycles. The smallest absolute Gasteiger partial charge is 0.0355 e. The minimum Gasteiger partial charge on any atom is -0.0720 e. The zero-order valence-corrected chi connectivity index (χ0v) is 21.7. The van der Waals surface area contributed by atoms with Crippen LogP contribution in [0.4, 0.5) is 0 Å². The molecule has 3 aromatic rings. The Labute approximate surface area is 212 Å². The molecule has 2 fully saturated rings. The first-order valence-corrected chi connectivity index (χ1v) is 15.7. The molecule has 178 valence electrons. The highest BCUT2D eigenvalue weighted by Gasteiger charge is 2.48. The van der Waals surface area contributed by atoms with Crippen LogP contribution in [0.5, 0.6) is 0 Å². The molecule has 5 aliphatic rings. The van der Waals surface area contributed by atoms with Gasteiger partial charge in [-0.2, -0.15) is 0 Å². The molecule has 35 heavy (non-hydrogen) atoms. The van der Waals surface area contributed by atoms with E-state index in [4.69, 9.17) is 0 Å². The number of hydrogen-bond donors (Lipinski definition) is 0. The molecular formula is C34H37P. The van der Waals surface area contributed by atoms with Crippen LogP contribution in [-0.4, -0.2) is 11.3 Å². The normalized spacial score (nSPS) is 24.5. The molecule has 0 amide bonds. The summed E-state index contributed by atoms with van der Waals surface area (Å²) in [7, 11) is -0.162. The van der Waals surface area contributed by atoms with Crippen molar-refractivity contribution in [3.05, 3.63) is 112 Å². The first-order chi connectivity index (χ1) is 17.4. The van der Waals surface area contributed by atoms with E-state index in [1.165, 1.54) is 69.8 Å². The molecule has 0 atom stereocenters. The molecule has 0 unspecified atom stereocenters. The van der Waals surface area contributed by atoms with Crippen LogP contribution in [0.1, 0.15) is 104 Å². The zero-order valence-electron chi connectivity index (χ0n) is 20.8. The van der Waals surface area contributed by atoms with Gasteiger partial charge in [0.15, 0.2) is 0 Å². The van der Waals surface area contributed by atoms with Crippen molar-refractivity contribution in [2.24, 2.45) is 0 Å². The van der Waals surface area contributed by atoms with Gasteiger partial charge in [0.05, 0.1) is 0 Å². The van der Waals surface area contributed by atoms with Gasteiger partial charge in [-0.15, -0.1) is 0 Å². The Balaban J connectivity index is 1.50. The number of hydrogen-bond acceptors (Lipinski definition) is 0. The van der Waals surface area contributed by atoms with E-state index in [9.17, 15) is 0 Å². The lowest BCUT2D eigenvalue weighted by Gasteiger charge is -2.50. The van der Waals surface area contributed by atoms with E-state index >= 15 is 0 Å². The van der Waals surface area contributed by atoms with Crippen LogP contribution in [0, 0.1) is 0 Å². The van der Waals surface area contributed by atoms with Crippen molar-refractivity contribution in [2.45, 2.75) is 87.4 Å². The lowest BCUT2D eigenvalue weighted by atomic mass is 9.63. The monoisotopic (exact) mass is 476 g/mol. The summed E-state index contributed by atoms with van der Waals surface area (Å²) >= 11 is 0. The topological polar surface area (TPSA) is 0 Å². The first kappa shape index (κ1) is 22.1. The Hall–Kier alpha value is -2.17. The van der Waals surface area contributed by atoms with Crippen LogP contribution >= 0.6 is 7.92 Å². The summed E-state index contributed by atoms with van der Waals surface area (Å²) in [5.41, 5.74) is 11.4. The van der Waals surface area contributed by atoms with Gasteiger partial charge in [-0.25, -0.2) is 0 Å². The fourth-order valence-corrected chi connectivity index (χ4v) is 12.3. The van der Waals surface area contributed by atoms with Crippen molar-refractivity contribution in [1.82, 2.24) is 0 Å². The molecule has 2 bridgehead atoms. The third-order valence-electron chi connectivity index (χ3n) is 9.37. The molecule has 0 nitrogen and oxygen atoms in total. The van der Waals surface area contributed by atoms with Crippen LogP contribution in [0.3, 0.4) is 0 Å². The Morgan fingerprint density at radius 1 is 0.457 bits per heavy atom. The average Bonchev–Trinajstić information content (AvgIpc) is 2.95. The Bertz CT molecular complexity index is 1160. The van der Waals surface area contributed by atoms with E-state index in [0.717, 1.165) is 11.3 Å². The second-order valence-electron chi connectivity index (χ2n) is 11.3. The predicted octanol–water partition coefficient (Wildman–Crippen LogP) is 9.84. The standard InChI is InChI=1S/C34H37P/c1-4-14-24(15-5-1)31-32-27-20-10-12-22-29(27)33(30-23-13-11-21-28(30)32)34(31)35(25-16-6-2-7-17-25)26-18-8-3-9-19-26/h1,4-5,10-15,20-23,25-26,32-33H,2-3,6-9,16-19H2. The van der Waals surface area contributed by atoms with Crippen molar-refractivity contribution in [1.29, 1.82) is 0 Å². The summed E-state index contributed by atoms with van der Waals surface area (Å²) in [6, 6.07) is 30.5. The minimum absolute atomic E-state index is 0.162. The van der Waals surface area contributed by atoms with Crippen molar-refractivity contribution in [3.63, 3.8) is 0 Å². The molecule has 0 N–H and O–H groups in total. The molecule has 2 saturated carbocycles. The first-order valence-electron chi connectivity index (χ1n) is 14.2. The SMILES string of the molecule is c1ccc(C2=C(P(C3CCCCC3)C3CCCCC3)C3c4ccccc4C2c2ccccc23)cc1. The summed E-state index contributed by atoms with van der Waals surface area (Å²) in [4.78, 5) is 0. The van der Waals surface area contributed by atoms with E-state index in [1.54, 1.807) is 27.8 Å². The number of rotatable bonds is 4. The zero-order chi connectivity index (χ0) is 23.2. The Morgan fingerprint density at radius 3 is 1.37 bits per heavy atom. The second kappa shape index (κ2) is 9.37. The van der Waals surface area contributed by atoms with E-state index in [0.29, 0.717) is 11.8 Å². The van der Waals surface area contributed by atoms with Crippen molar-refractivity contribution >= 4 is 13.5 Å².